The van der Waals surface area contributed by atoms with E-state index in [0.717, 1.165) is 25.0 Å². The van der Waals surface area contributed by atoms with Crippen molar-refractivity contribution in [1.82, 2.24) is 4.90 Å². The van der Waals surface area contributed by atoms with Crippen molar-refractivity contribution in [3.8, 4) is 0 Å². The molecule has 0 N–H and O–H groups in total. The SMILES string of the molecule is CC(C)=CC(=O)N(Cc1ccc(C)s1)C1CC1. The molecule has 0 radical (unpaired) electrons. The number of aryl methyl sites for hydroxylation is 1. The minimum Gasteiger partial charge on any atom is -0.331 e. The number of carbonyl (C=O) groups excluding carboxylic acids is 1. The molecule has 0 spiro atoms. The fourth-order valence-corrected chi connectivity index (χ4v) is 2.73. The molecule has 1 fully saturated rings. The van der Waals surface area contributed by atoms with Gasteiger partial charge in [-0.3, -0.25) is 4.79 Å². The van der Waals surface area contributed by atoms with Gasteiger partial charge < -0.3 is 4.90 Å². The molecule has 0 atom stereocenters. The monoisotopic (exact) mass is 249 g/mol. The van der Waals surface area contributed by atoms with Crippen LogP contribution in [0.3, 0.4) is 0 Å². The number of hydrogen-bond donors (Lipinski definition) is 0. The van der Waals surface area contributed by atoms with Crippen LogP contribution >= 0.6 is 11.3 Å². The average Bonchev–Trinajstić information content (AvgIpc) is 2.98. The van der Waals surface area contributed by atoms with Crippen molar-refractivity contribution in [3.63, 3.8) is 0 Å². The van der Waals surface area contributed by atoms with E-state index in [2.05, 4.69) is 19.1 Å². The second kappa shape index (κ2) is 5.05. The van der Waals surface area contributed by atoms with Gasteiger partial charge in [0.1, 0.15) is 0 Å². The Bertz CT molecular complexity index is 439. The first-order chi connectivity index (χ1) is 8.06. The summed E-state index contributed by atoms with van der Waals surface area (Å²) in [5, 5.41) is 0. The lowest BCUT2D eigenvalue weighted by Gasteiger charge is -2.20. The van der Waals surface area contributed by atoms with Gasteiger partial charge in [0.15, 0.2) is 0 Å². The number of carbonyl (C=O) groups is 1. The van der Waals surface area contributed by atoms with Crippen LogP contribution in [0.15, 0.2) is 23.8 Å². The molecule has 2 nitrogen and oxygen atoms in total. The number of allylic oxidation sites excluding steroid dienone is 1. The number of amides is 1. The summed E-state index contributed by atoms with van der Waals surface area (Å²) >= 11 is 1.78. The van der Waals surface area contributed by atoms with Gasteiger partial charge in [0.05, 0.1) is 6.54 Å². The number of thiophene rings is 1. The lowest BCUT2D eigenvalue weighted by atomic mass is 10.3. The highest BCUT2D eigenvalue weighted by Crippen LogP contribution is 2.30. The van der Waals surface area contributed by atoms with Crippen LogP contribution in [-0.2, 0) is 11.3 Å². The standard InChI is InChI=1S/C14H19NOS/c1-10(2)8-14(16)15(12-5-6-12)9-13-7-4-11(3)17-13/h4,7-8,12H,5-6,9H2,1-3H3. The molecule has 1 heterocycles. The minimum absolute atomic E-state index is 0.165. The van der Waals surface area contributed by atoms with Gasteiger partial charge in [0.2, 0.25) is 5.91 Å². The molecule has 0 unspecified atom stereocenters. The average molecular weight is 249 g/mol. The molecule has 0 saturated heterocycles. The molecule has 92 valence electrons. The third kappa shape index (κ3) is 3.43. The Morgan fingerprint density at radius 2 is 2.18 bits per heavy atom. The van der Waals surface area contributed by atoms with Crippen LogP contribution in [0.25, 0.3) is 0 Å². The van der Waals surface area contributed by atoms with Gasteiger partial charge in [0, 0.05) is 21.9 Å². The molecule has 1 aliphatic carbocycles. The van der Waals surface area contributed by atoms with Gasteiger partial charge in [-0.05, 0) is 45.7 Å². The number of rotatable bonds is 4. The predicted molar refractivity (Wildman–Crippen MR) is 72.1 cm³/mol. The van der Waals surface area contributed by atoms with Crippen molar-refractivity contribution in [3.05, 3.63) is 33.5 Å². The second-order valence-corrected chi connectivity index (χ2v) is 6.30. The second-order valence-electron chi connectivity index (χ2n) is 4.93. The van der Waals surface area contributed by atoms with E-state index in [0.29, 0.717) is 6.04 Å². The molecule has 1 aromatic heterocycles. The molecule has 0 aliphatic heterocycles. The van der Waals surface area contributed by atoms with E-state index in [9.17, 15) is 4.79 Å². The Kier molecular flexibility index (Phi) is 3.67. The van der Waals surface area contributed by atoms with Crippen LogP contribution < -0.4 is 0 Å². The number of nitrogens with zero attached hydrogens (tertiary/aromatic N) is 1. The molecule has 0 bridgehead atoms. The topological polar surface area (TPSA) is 20.3 Å². The zero-order valence-corrected chi connectivity index (χ0v) is 11.5. The van der Waals surface area contributed by atoms with Crippen molar-refractivity contribution in [2.24, 2.45) is 0 Å². The van der Waals surface area contributed by atoms with Crippen molar-refractivity contribution in [1.29, 1.82) is 0 Å². The third-order valence-electron chi connectivity index (χ3n) is 2.81. The fourth-order valence-electron chi connectivity index (χ4n) is 1.84. The molecule has 0 aromatic carbocycles. The first kappa shape index (κ1) is 12.4. The van der Waals surface area contributed by atoms with Gasteiger partial charge in [-0.2, -0.15) is 0 Å². The smallest absolute Gasteiger partial charge is 0.247 e. The zero-order chi connectivity index (χ0) is 12.4. The summed E-state index contributed by atoms with van der Waals surface area (Å²) in [7, 11) is 0. The highest BCUT2D eigenvalue weighted by Gasteiger charge is 2.31. The van der Waals surface area contributed by atoms with Crippen molar-refractivity contribution < 1.29 is 4.79 Å². The molecular weight excluding hydrogens is 230 g/mol. The summed E-state index contributed by atoms with van der Waals surface area (Å²) in [6.45, 7) is 6.82. The highest BCUT2D eigenvalue weighted by atomic mass is 32.1. The normalized spacial score (nSPS) is 14.5. The summed E-state index contributed by atoms with van der Waals surface area (Å²) in [6, 6.07) is 4.72. The van der Waals surface area contributed by atoms with E-state index in [1.165, 1.54) is 9.75 Å². The lowest BCUT2D eigenvalue weighted by molar-refractivity contribution is -0.127. The molecule has 1 aromatic rings. The summed E-state index contributed by atoms with van der Waals surface area (Å²) < 4.78 is 0. The van der Waals surface area contributed by atoms with Gasteiger partial charge in [-0.1, -0.05) is 5.57 Å². The van der Waals surface area contributed by atoms with Gasteiger partial charge in [-0.15, -0.1) is 11.3 Å². The summed E-state index contributed by atoms with van der Waals surface area (Å²) in [5.74, 6) is 0.165. The zero-order valence-electron chi connectivity index (χ0n) is 10.7. The van der Waals surface area contributed by atoms with Crippen molar-refractivity contribution in [2.45, 2.75) is 46.2 Å². The van der Waals surface area contributed by atoms with E-state index in [1.807, 2.05) is 18.7 Å². The maximum Gasteiger partial charge on any atom is 0.247 e. The molecule has 3 heteroatoms. The van der Waals surface area contributed by atoms with Crippen LogP contribution in [0.1, 0.15) is 36.4 Å². The Morgan fingerprint density at radius 3 is 2.65 bits per heavy atom. The van der Waals surface area contributed by atoms with Gasteiger partial charge in [0.25, 0.3) is 0 Å². The van der Waals surface area contributed by atoms with Crippen molar-refractivity contribution in [2.75, 3.05) is 0 Å². The Hall–Kier alpha value is -1.09. The molecule has 2 rings (SSSR count). The van der Waals surface area contributed by atoms with Crippen LogP contribution in [0, 0.1) is 6.92 Å². The summed E-state index contributed by atoms with van der Waals surface area (Å²) in [5.41, 5.74) is 1.07. The molecule has 1 saturated carbocycles. The number of hydrogen-bond acceptors (Lipinski definition) is 2. The van der Waals surface area contributed by atoms with Crippen LogP contribution in [0.2, 0.25) is 0 Å². The molecule has 1 amide bonds. The van der Waals surface area contributed by atoms with E-state index in [4.69, 9.17) is 0 Å². The van der Waals surface area contributed by atoms with E-state index in [1.54, 1.807) is 17.4 Å². The van der Waals surface area contributed by atoms with Gasteiger partial charge in [-0.25, -0.2) is 0 Å². The van der Waals surface area contributed by atoms with Crippen LogP contribution in [0.5, 0.6) is 0 Å². The predicted octanol–water partition coefficient (Wildman–Crippen LogP) is 3.51. The van der Waals surface area contributed by atoms with Gasteiger partial charge >= 0.3 is 0 Å². The molecule has 1 aliphatic rings. The van der Waals surface area contributed by atoms with E-state index >= 15 is 0 Å². The van der Waals surface area contributed by atoms with Crippen molar-refractivity contribution >= 4 is 17.2 Å². The van der Waals surface area contributed by atoms with Crippen LogP contribution in [0.4, 0.5) is 0 Å². The quantitative estimate of drug-likeness (QED) is 0.748. The maximum atomic E-state index is 12.1. The Balaban J connectivity index is 2.07. The third-order valence-corrected chi connectivity index (χ3v) is 3.79. The maximum absolute atomic E-state index is 12.1. The fraction of sp³-hybridized carbons (Fsp3) is 0.500. The summed E-state index contributed by atoms with van der Waals surface area (Å²) in [4.78, 5) is 16.7. The largest absolute Gasteiger partial charge is 0.331 e. The lowest BCUT2D eigenvalue weighted by Crippen LogP contribution is -2.30. The molecular formula is C14H19NOS. The molecule has 17 heavy (non-hydrogen) atoms. The minimum atomic E-state index is 0.165. The Morgan fingerprint density at radius 1 is 1.47 bits per heavy atom. The van der Waals surface area contributed by atoms with E-state index < -0.39 is 0 Å². The summed E-state index contributed by atoms with van der Waals surface area (Å²) in [6.07, 6.45) is 4.07. The Labute approximate surface area is 107 Å². The van der Waals surface area contributed by atoms with E-state index in [-0.39, 0.29) is 5.91 Å². The first-order valence-electron chi connectivity index (χ1n) is 6.07. The first-order valence-corrected chi connectivity index (χ1v) is 6.88. The highest BCUT2D eigenvalue weighted by molar-refractivity contribution is 7.11. The van der Waals surface area contributed by atoms with Crippen LogP contribution in [-0.4, -0.2) is 16.8 Å².